The van der Waals surface area contributed by atoms with E-state index < -0.39 is 9.84 Å². The number of halogens is 1. The summed E-state index contributed by atoms with van der Waals surface area (Å²) in [7, 11) is -3.18. The van der Waals surface area contributed by atoms with Gasteiger partial charge in [0.15, 0.2) is 9.84 Å². The fourth-order valence-corrected chi connectivity index (χ4v) is 4.36. The van der Waals surface area contributed by atoms with Gasteiger partial charge in [0.2, 0.25) is 0 Å². The summed E-state index contributed by atoms with van der Waals surface area (Å²) >= 11 is 6.00. The maximum absolute atomic E-state index is 12.2. The molecular formula is C16H14ClNO3S. The zero-order valence-corrected chi connectivity index (χ0v) is 13.2. The van der Waals surface area contributed by atoms with E-state index in [0.717, 1.165) is 5.56 Å². The summed E-state index contributed by atoms with van der Waals surface area (Å²) in [6.07, 6.45) is 1.31. The Hall–Kier alpha value is -1.85. The molecule has 22 heavy (non-hydrogen) atoms. The zero-order valence-electron chi connectivity index (χ0n) is 11.7. The summed E-state index contributed by atoms with van der Waals surface area (Å²) in [5.74, 6) is -0.130. The summed E-state index contributed by atoms with van der Waals surface area (Å²) in [5.41, 5.74) is 1.71. The highest BCUT2D eigenvalue weighted by molar-refractivity contribution is 7.91. The molecule has 0 bridgehead atoms. The Bertz CT molecular complexity index is 846. The molecule has 1 aliphatic heterocycles. The minimum absolute atomic E-state index is 0.186. The van der Waals surface area contributed by atoms with E-state index in [1.165, 1.54) is 0 Å². The number of carbonyl (C=O) groups excluding carboxylic acids is 1. The van der Waals surface area contributed by atoms with E-state index in [4.69, 9.17) is 11.6 Å². The number of hydrogen-bond acceptors (Lipinski definition) is 3. The van der Waals surface area contributed by atoms with Crippen LogP contribution in [0.4, 0.5) is 5.69 Å². The average molecular weight is 336 g/mol. The predicted octanol–water partition coefficient (Wildman–Crippen LogP) is 3.31. The molecule has 1 N–H and O–H groups in total. The molecule has 4 nitrogen and oxygen atoms in total. The Morgan fingerprint density at radius 3 is 2.68 bits per heavy atom. The third kappa shape index (κ3) is 2.87. The van der Waals surface area contributed by atoms with E-state index in [1.54, 1.807) is 42.5 Å². The van der Waals surface area contributed by atoms with Crippen molar-refractivity contribution < 1.29 is 13.2 Å². The highest BCUT2D eigenvalue weighted by Gasteiger charge is 2.23. The molecule has 0 atom stereocenters. The lowest BCUT2D eigenvalue weighted by atomic mass is 10.1. The van der Waals surface area contributed by atoms with Crippen molar-refractivity contribution in [3.8, 4) is 0 Å². The summed E-state index contributed by atoms with van der Waals surface area (Å²) in [4.78, 5) is 12.6. The van der Waals surface area contributed by atoms with Gasteiger partial charge in [0, 0.05) is 5.69 Å². The molecule has 2 aromatic carbocycles. The first-order chi connectivity index (χ1) is 10.5. The van der Waals surface area contributed by atoms with Crippen molar-refractivity contribution in [3.05, 3.63) is 58.6 Å². The standard InChI is InChI=1S/C16H14ClNO3S/c17-14-6-2-1-5-13(14)16(19)18-12-7-8-15-11(10-12)4-3-9-22(15,20)21/h1-2,5-8,10H,3-4,9H2,(H,18,19). The largest absolute Gasteiger partial charge is 0.322 e. The van der Waals surface area contributed by atoms with Gasteiger partial charge in [-0.15, -0.1) is 0 Å². The Morgan fingerprint density at radius 1 is 1.14 bits per heavy atom. The maximum Gasteiger partial charge on any atom is 0.257 e. The Balaban J connectivity index is 1.88. The summed E-state index contributed by atoms with van der Waals surface area (Å²) in [6, 6.07) is 11.7. The number of benzene rings is 2. The zero-order chi connectivity index (χ0) is 15.7. The second kappa shape index (κ2) is 5.74. The summed E-state index contributed by atoms with van der Waals surface area (Å²) in [6.45, 7) is 0. The number of aryl methyl sites for hydroxylation is 1. The van der Waals surface area contributed by atoms with Gasteiger partial charge in [0.05, 0.1) is 21.2 Å². The topological polar surface area (TPSA) is 63.2 Å². The van der Waals surface area contributed by atoms with E-state index in [1.807, 2.05) is 0 Å². The lowest BCUT2D eigenvalue weighted by molar-refractivity contribution is 0.102. The van der Waals surface area contributed by atoms with Crippen LogP contribution in [0.25, 0.3) is 0 Å². The number of nitrogens with one attached hydrogen (secondary N) is 1. The van der Waals surface area contributed by atoms with E-state index in [0.29, 0.717) is 34.0 Å². The van der Waals surface area contributed by atoms with E-state index in [9.17, 15) is 13.2 Å². The lowest BCUT2D eigenvalue weighted by Gasteiger charge is -2.17. The van der Waals surface area contributed by atoms with Gasteiger partial charge in [-0.2, -0.15) is 0 Å². The van der Waals surface area contributed by atoms with Gasteiger partial charge in [-0.05, 0) is 48.7 Å². The Labute approximate surface area is 134 Å². The number of carbonyl (C=O) groups is 1. The molecule has 0 aromatic heterocycles. The van der Waals surface area contributed by atoms with Crippen LogP contribution in [-0.2, 0) is 16.3 Å². The first kappa shape index (κ1) is 15.1. The molecule has 0 fully saturated rings. The second-order valence-electron chi connectivity index (χ2n) is 5.18. The predicted molar refractivity (Wildman–Crippen MR) is 86.2 cm³/mol. The minimum Gasteiger partial charge on any atom is -0.322 e. The highest BCUT2D eigenvalue weighted by Crippen LogP contribution is 2.28. The van der Waals surface area contributed by atoms with Crippen LogP contribution in [0, 0.1) is 0 Å². The quantitative estimate of drug-likeness (QED) is 0.915. The van der Waals surface area contributed by atoms with Gasteiger partial charge in [0.25, 0.3) is 5.91 Å². The fraction of sp³-hybridized carbons (Fsp3) is 0.188. The average Bonchev–Trinajstić information content (AvgIpc) is 2.47. The molecular weight excluding hydrogens is 322 g/mol. The van der Waals surface area contributed by atoms with Gasteiger partial charge in [-0.1, -0.05) is 23.7 Å². The van der Waals surface area contributed by atoms with Gasteiger partial charge >= 0.3 is 0 Å². The molecule has 0 unspecified atom stereocenters. The Kier molecular flexibility index (Phi) is 3.93. The molecule has 0 radical (unpaired) electrons. The van der Waals surface area contributed by atoms with Crippen LogP contribution in [0.15, 0.2) is 47.4 Å². The van der Waals surface area contributed by atoms with Crippen LogP contribution in [0.1, 0.15) is 22.3 Å². The van der Waals surface area contributed by atoms with Crippen LogP contribution in [0.3, 0.4) is 0 Å². The molecule has 0 saturated heterocycles. The Morgan fingerprint density at radius 2 is 1.91 bits per heavy atom. The molecule has 3 rings (SSSR count). The van der Waals surface area contributed by atoms with Crippen molar-refractivity contribution in [2.75, 3.05) is 11.1 Å². The van der Waals surface area contributed by atoms with E-state index in [-0.39, 0.29) is 11.7 Å². The van der Waals surface area contributed by atoms with Crippen LogP contribution in [0.5, 0.6) is 0 Å². The molecule has 0 aliphatic carbocycles. The third-order valence-electron chi connectivity index (χ3n) is 3.63. The van der Waals surface area contributed by atoms with Crippen molar-refractivity contribution >= 4 is 33.0 Å². The molecule has 6 heteroatoms. The molecule has 0 spiro atoms. The van der Waals surface area contributed by atoms with Gasteiger partial charge < -0.3 is 5.32 Å². The monoisotopic (exact) mass is 335 g/mol. The van der Waals surface area contributed by atoms with Crippen molar-refractivity contribution in [3.63, 3.8) is 0 Å². The van der Waals surface area contributed by atoms with Crippen molar-refractivity contribution in [2.24, 2.45) is 0 Å². The van der Waals surface area contributed by atoms with E-state index >= 15 is 0 Å². The van der Waals surface area contributed by atoms with Crippen LogP contribution >= 0.6 is 11.6 Å². The van der Waals surface area contributed by atoms with Crippen LogP contribution < -0.4 is 5.32 Å². The summed E-state index contributed by atoms with van der Waals surface area (Å²) in [5, 5.41) is 3.13. The number of amides is 1. The molecule has 0 saturated carbocycles. The number of rotatable bonds is 2. The van der Waals surface area contributed by atoms with Gasteiger partial charge in [-0.3, -0.25) is 4.79 Å². The number of fused-ring (bicyclic) bond motifs is 1. The molecule has 1 aliphatic rings. The van der Waals surface area contributed by atoms with E-state index in [2.05, 4.69) is 5.32 Å². The second-order valence-corrected chi connectivity index (χ2v) is 7.66. The number of hydrogen-bond donors (Lipinski definition) is 1. The van der Waals surface area contributed by atoms with Crippen molar-refractivity contribution in [2.45, 2.75) is 17.7 Å². The molecule has 114 valence electrons. The van der Waals surface area contributed by atoms with Crippen molar-refractivity contribution in [1.29, 1.82) is 0 Å². The summed E-state index contributed by atoms with van der Waals surface area (Å²) < 4.78 is 23.9. The normalized spacial score (nSPS) is 15.9. The number of sulfone groups is 1. The first-order valence-corrected chi connectivity index (χ1v) is 8.92. The van der Waals surface area contributed by atoms with Gasteiger partial charge in [-0.25, -0.2) is 8.42 Å². The lowest BCUT2D eigenvalue weighted by Crippen LogP contribution is -2.17. The minimum atomic E-state index is -3.18. The fourth-order valence-electron chi connectivity index (χ4n) is 2.56. The maximum atomic E-state index is 12.2. The molecule has 1 heterocycles. The molecule has 1 amide bonds. The highest BCUT2D eigenvalue weighted by atomic mass is 35.5. The van der Waals surface area contributed by atoms with Crippen LogP contribution in [-0.4, -0.2) is 20.1 Å². The number of anilines is 1. The smallest absolute Gasteiger partial charge is 0.257 e. The SMILES string of the molecule is O=C(Nc1ccc2c(c1)CCCS2(=O)=O)c1ccccc1Cl. The van der Waals surface area contributed by atoms with Gasteiger partial charge in [0.1, 0.15) is 0 Å². The molecule has 2 aromatic rings. The van der Waals surface area contributed by atoms with Crippen LogP contribution in [0.2, 0.25) is 5.02 Å². The van der Waals surface area contributed by atoms with Crippen molar-refractivity contribution in [1.82, 2.24) is 0 Å². The first-order valence-electron chi connectivity index (χ1n) is 6.89. The third-order valence-corrected chi connectivity index (χ3v) is 5.86.